The second kappa shape index (κ2) is 7.34. The highest BCUT2D eigenvalue weighted by atomic mass is 19.4. The van der Waals surface area contributed by atoms with Gasteiger partial charge in [0.1, 0.15) is 6.42 Å². The summed E-state index contributed by atoms with van der Waals surface area (Å²) in [6, 6.07) is 0. The molecule has 0 bridgehead atoms. The third-order valence-electron chi connectivity index (χ3n) is 0.926. The van der Waals surface area contributed by atoms with Crippen molar-refractivity contribution in [2.75, 3.05) is 6.61 Å². The lowest BCUT2D eigenvalue weighted by atomic mass is 10.3. The first-order valence-electron chi connectivity index (χ1n) is 4.13. The van der Waals surface area contributed by atoms with Crippen molar-refractivity contribution in [1.82, 2.24) is 0 Å². The van der Waals surface area contributed by atoms with E-state index in [2.05, 4.69) is 4.74 Å². The summed E-state index contributed by atoms with van der Waals surface area (Å²) in [5, 5.41) is 0. The fraction of sp³-hybridized carbons (Fsp3) is 0.750. The summed E-state index contributed by atoms with van der Waals surface area (Å²) < 4.78 is 38.6. The molecule has 6 heteroatoms. The molecule has 0 aromatic carbocycles. The lowest BCUT2D eigenvalue weighted by Crippen LogP contribution is -2.26. The molecular weight excluding hydrogens is 201 g/mol. The second-order valence-electron chi connectivity index (χ2n) is 1.90. The van der Waals surface area contributed by atoms with E-state index in [1.165, 1.54) is 6.92 Å². The predicted molar refractivity (Wildman–Crippen MR) is 43.7 cm³/mol. The van der Waals surface area contributed by atoms with Crippen LogP contribution in [0, 0.1) is 0 Å². The molecular formula is C8H13F3O3. The first kappa shape index (κ1) is 15.4. The van der Waals surface area contributed by atoms with Gasteiger partial charge in [-0.2, -0.15) is 13.2 Å². The molecule has 0 unspecified atom stereocenters. The molecule has 14 heavy (non-hydrogen) atoms. The van der Waals surface area contributed by atoms with Gasteiger partial charge in [0.15, 0.2) is 0 Å². The Morgan fingerprint density at radius 2 is 1.64 bits per heavy atom. The highest BCUT2D eigenvalue weighted by molar-refractivity contribution is 5.98. The van der Waals surface area contributed by atoms with E-state index in [-0.39, 0.29) is 6.61 Å². The molecule has 0 heterocycles. The Labute approximate surface area is 80.2 Å². The average molecular weight is 214 g/mol. The van der Waals surface area contributed by atoms with Gasteiger partial charge in [0.25, 0.3) is 0 Å². The Morgan fingerprint density at radius 1 is 1.21 bits per heavy atom. The van der Waals surface area contributed by atoms with Crippen molar-refractivity contribution in [1.29, 1.82) is 0 Å². The SMILES string of the molecule is CC.CCOC(=O)CC(=O)C(F)(F)F. The van der Waals surface area contributed by atoms with Crippen molar-refractivity contribution in [2.45, 2.75) is 33.4 Å². The van der Waals surface area contributed by atoms with E-state index >= 15 is 0 Å². The van der Waals surface area contributed by atoms with Crippen LogP contribution in [-0.4, -0.2) is 24.5 Å². The number of hydrogen-bond donors (Lipinski definition) is 0. The van der Waals surface area contributed by atoms with Crippen LogP contribution >= 0.6 is 0 Å². The Morgan fingerprint density at radius 3 is 1.93 bits per heavy atom. The first-order chi connectivity index (χ1) is 6.38. The summed E-state index contributed by atoms with van der Waals surface area (Å²) in [6.45, 7) is 5.40. The largest absolute Gasteiger partial charge is 0.466 e. The molecule has 0 saturated heterocycles. The minimum Gasteiger partial charge on any atom is -0.466 e. The van der Waals surface area contributed by atoms with Gasteiger partial charge in [0, 0.05) is 0 Å². The lowest BCUT2D eigenvalue weighted by Gasteiger charge is -2.03. The van der Waals surface area contributed by atoms with Crippen LogP contribution in [0.2, 0.25) is 0 Å². The van der Waals surface area contributed by atoms with Gasteiger partial charge in [-0.3, -0.25) is 9.59 Å². The zero-order chi connectivity index (χ0) is 11.8. The molecule has 0 N–H and O–H groups in total. The summed E-state index contributed by atoms with van der Waals surface area (Å²) in [5.74, 6) is -3.24. The minimum atomic E-state index is -4.95. The monoisotopic (exact) mass is 214 g/mol. The van der Waals surface area contributed by atoms with E-state index < -0.39 is 24.3 Å². The summed E-state index contributed by atoms with van der Waals surface area (Å²) in [5.41, 5.74) is 0. The lowest BCUT2D eigenvalue weighted by molar-refractivity contribution is -0.174. The van der Waals surface area contributed by atoms with Gasteiger partial charge in [-0.15, -0.1) is 0 Å². The zero-order valence-electron chi connectivity index (χ0n) is 8.27. The van der Waals surface area contributed by atoms with Crippen LogP contribution in [0.25, 0.3) is 0 Å². The molecule has 0 aliphatic carbocycles. The van der Waals surface area contributed by atoms with Crippen molar-refractivity contribution in [2.24, 2.45) is 0 Å². The third kappa shape index (κ3) is 7.57. The van der Waals surface area contributed by atoms with E-state index in [1.807, 2.05) is 13.8 Å². The van der Waals surface area contributed by atoms with Crippen molar-refractivity contribution in [3.8, 4) is 0 Å². The van der Waals surface area contributed by atoms with Gasteiger partial charge in [-0.05, 0) is 6.92 Å². The molecule has 0 aromatic rings. The van der Waals surface area contributed by atoms with Gasteiger partial charge >= 0.3 is 12.1 Å². The van der Waals surface area contributed by atoms with Gasteiger partial charge < -0.3 is 4.74 Å². The van der Waals surface area contributed by atoms with Crippen LogP contribution in [0.1, 0.15) is 27.2 Å². The maximum atomic E-state index is 11.5. The van der Waals surface area contributed by atoms with Crippen molar-refractivity contribution in [3.05, 3.63) is 0 Å². The average Bonchev–Trinajstić information content (AvgIpc) is 2.06. The Kier molecular flexibility index (Phi) is 8.08. The van der Waals surface area contributed by atoms with Crippen LogP contribution in [-0.2, 0) is 14.3 Å². The van der Waals surface area contributed by atoms with Crippen LogP contribution in [0.4, 0.5) is 13.2 Å². The zero-order valence-corrected chi connectivity index (χ0v) is 8.27. The fourth-order valence-electron chi connectivity index (χ4n) is 0.443. The van der Waals surface area contributed by atoms with Crippen molar-refractivity contribution < 1.29 is 27.5 Å². The molecule has 0 spiro atoms. The quantitative estimate of drug-likeness (QED) is 0.533. The number of alkyl halides is 3. The van der Waals surface area contributed by atoms with E-state index in [0.29, 0.717) is 0 Å². The molecule has 0 aliphatic heterocycles. The highest BCUT2D eigenvalue weighted by Crippen LogP contribution is 2.17. The molecule has 0 aromatic heterocycles. The van der Waals surface area contributed by atoms with Crippen LogP contribution in [0.15, 0.2) is 0 Å². The van der Waals surface area contributed by atoms with Crippen LogP contribution < -0.4 is 0 Å². The molecule has 0 atom stereocenters. The third-order valence-corrected chi connectivity index (χ3v) is 0.926. The van der Waals surface area contributed by atoms with Crippen molar-refractivity contribution >= 4 is 11.8 Å². The maximum Gasteiger partial charge on any atom is 0.450 e. The number of rotatable bonds is 3. The van der Waals surface area contributed by atoms with Crippen molar-refractivity contribution in [3.63, 3.8) is 0 Å². The molecule has 3 nitrogen and oxygen atoms in total. The molecule has 0 aliphatic rings. The summed E-state index contributed by atoms with van der Waals surface area (Å²) >= 11 is 0. The van der Waals surface area contributed by atoms with Gasteiger partial charge in [-0.1, -0.05) is 13.8 Å². The van der Waals surface area contributed by atoms with Crippen LogP contribution in [0.3, 0.4) is 0 Å². The molecule has 0 radical (unpaired) electrons. The number of ether oxygens (including phenoxy) is 1. The number of carbonyl (C=O) groups excluding carboxylic acids is 2. The number of Topliss-reactive ketones (excluding diaryl/α,β-unsaturated/α-hetero) is 1. The number of ketones is 1. The van der Waals surface area contributed by atoms with Crippen LogP contribution in [0.5, 0.6) is 0 Å². The molecule has 0 saturated carbocycles. The molecule has 0 fully saturated rings. The Balaban J connectivity index is 0. The summed E-state index contributed by atoms with van der Waals surface area (Å²) in [4.78, 5) is 20.5. The summed E-state index contributed by atoms with van der Waals surface area (Å²) in [7, 11) is 0. The second-order valence-corrected chi connectivity index (χ2v) is 1.90. The van der Waals surface area contributed by atoms with Gasteiger partial charge in [0.05, 0.1) is 6.61 Å². The minimum absolute atomic E-state index is 0.0377. The Hall–Kier alpha value is -1.07. The molecule has 0 amide bonds. The standard InChI is InChI=1S/C6H7F3O3.C2H6/c1-2-12-5(11)3-4(10)6(7,8)9;1-2/h2-3H2,1H3;1-2H3. The maximum absolute atomic E-state index is 11.5. The highest BCUT2D eigenvalue weighted by Gasteiger charge is 2.39. The number of hydrogen-bond acceptors (Lipinski definition) is 3. The number of esters is 1. The Bertz CT molecular complexity index is 187. The first-order valence-corrected chi connectivity index (χ1v) is 4.13. The van der Waals surface area contributed by atoms with Gasteiger partial charge in [-0.25, -0.2) is 0 Å². The smallest absolute Gasteiger partial charge is 0.450 e. The normalized spacial score (nSPS) is 9.86. The van der Waals surface area contributed by atoms with E-state index in [0.717, 1.165) is 0 Å². The molecule has 0 rings (SSSR count). The van der Waals surface area contributed by atoms with E-state index in [9.17, 15) is 22.8 Å². The summed E-state index contributed by atoms with van der Waals surface area (Å²) in [6.07, 6.45) is -6.19. The number of halogens is 3. The molecule has 84 valence electrons. The fourth-order valence-corrected chi connectivity index (χ4v) is 0.443. The van der Waals surface area contributed by atoms with E-state index in [1.54, 1.807) is 0 Å². The predicted octanol–water partition coefficient (Wildman–Crippen LogP) is 2.10. The topological polar surface area (TPSA) is 43.4 Å². The van der Waals surface area contributed by atoms with Gasteiger partial charge in [0.2, 0.25) is 5.78 Å². The number of carbonyl (C=O) groups is 2. The van der Waals surface area contributed by atoms with E-state index in [4.69, 9.17) is 0 Å².